The summed E-state index contributed by atoms with van der Waals surface area (Å²) in [6, 6.07) is 10.8. The fraction of sp³-hybridized carbons (Fsp3) is 0.650. The molecule has 2 aliphatic heterocycles. The Hall–Kier alpha value is -1.59. The van der Waals surface area contributed by atoms with E-state index in [0.717, 1.165) is 64.9 Å². The Kier molecular flexibility index (Phi) is 7.12. The number of hydrogen-bond acceptors (Lipinski definition) is 3. The standard InChI is InChI=1S/C20H31N3O2/c1-21-20(22-10-5-12-24-15-17-9-13-25-16-17)23-11-8-19(14-23)18-6-3-2-4-7-18/h2-4,6-7,17,19H,5,8-16H2,1H3,(H,21,22). The minimum Gasteiger partial charge on any atom is -0.381 e. The second kappa shape index (κ2) is 9.78. The summed E-state index contributed by atoms with van der Waals surface area (Å²) in [4.78, 5) is 6.82. The van der Waals surface area contributed by atoms with Gasteiger partial charge < -0.3 is 19.7 Å². The zero-order valence-electron chi connectivity index (χ0n) is 15.3. The SMILES string of the molecule is CN=C(NCCCOCC1CCOC1)N1CCC(c2ccccc2)C1. The maximum atomic E-state index is 5.76. The van der Waals surface area contributed by atoms with Gasteiger partial charge in [0.15, 0.2) is 5.96 Å². The van der Waals surface area contributed by atoms with Crippen LogP contribution in [-0.4, -0.2) is 64.0 Å². The highest BCUT2D eigenvalue weighted by Crippen LogP contribution is 2.26. The van der Waals surface area contributed by atoms with Gasteiger partial charge in [0.05, 0.1) is 13.2 Å². The molecule has 0 saturated carbocycles. The van der Waals surface area contributed by atoms with Gasteiger partial charge in [-0.05, 0) is 24.8 Å². The number of likely N-dealkylation sites (tertiary alicyclic amines) is 1. The lowest BCUT2D eigenvalue weighted by molar-refractivity contribution is 0.0887. The van der Waals surface area contributed by atoms with Crippen molar-refractivity contribution in [1.29, 1.82) is 0 Å². The molecule has 1 aromatic rings. The topological polar surface area (TPSA) is 46.1 Å². The number of guanidine groups is 1. The number of ether oxygens (including phenoxy) is 2. The summed E-state index contributed by atoms with van der Waals surface area (Å²) in [6.07, 6.45) is 3.34. The first-order valence-corrected chi connectivity index (χ1v) is 9.53. The van der Waals surface area contributed by atoms with E-state index in [1.54, 1.807) is 0 Å². The van der Waals surface area contributed by atoms with Gasteiger partial charge in [-0.25, -0.2) is 0 Å². The van der Waals surface area contributed by atoms with E-state index < -0.39 is 0 Å². The fourth-order valence-corrected chi connectivity index (χ4v) is 3.62. The van der Waals surface area contributed by atoms with Gasteiger partial charge in [0.25, 0.3) is 0 Å². The average molecular weight is 345 g/mol. The maximum Gasteiger partial charge on any atom is 0.193 e. The molecule has 2 unspecified atom stereocenters. The van der Waals surface area contributed by atoms with Crippen molar-refractivity contribution < 1.29 is 9.47 Å². The summed E-state index contributed by atoms with van der Waals surface area (Å²) in [5, 5.41) is 3.48. The third-order valence-electron chi connectivity index (χ3n) is 5.10. The van der Waals surface area contributed by atoms with Crippen LogP contribution in [0.1, 0.15) is 30.7 Å². The molecule has 3 rings (SSSR count). The van der Waals surface area contributed by atoms with Gasteiger partial charge in [-0.3, -0.25) is 4.99 Å². The van der Waals surface area contributed by atoms with E-state index in [1.807, 2.05) is 7.05 Å². The van der Waals surface area contributed by atoms with Crippen molar-refractivity contribution in [3.05, 3.63) is 35.9 Å². The van der Waals surface area contributed by atoms with E-state index in [2.05, 4.69) is 45.5 Å². The Balaban J connectivity index is 1.32. The highest BCUT2D eigenvalue weighted by atomic mass is 16.5. The lowest BCUT2D eigenvalue weighted by Gasteiger charge is -2.22. The summed E-state index contributed by atoms with van der Waals surface area (Å²) in [7, 11) is 1.87. The molecule has 0 radical (unpaired) electrons. The molecule has 0 aliphatic carbocycles. The maximum absolute atomic E-state index is 5.76. The summed E-state index contributed by atoms with van der Waals surface area (Å²) >= 11 is 0. The molecule has 138 valence electrons. The second-order valence-electron chi connectivity index (χ2n) is 6.97. The molecule has 2 aliphatic rings. The average Bonchev–Trinajstić information content (AvgIpc) is 3.34. The van der Waals surface area contributed by atoms with Crippen molar-refractivity contribution in [2.45, 2.75) is 25.2 Å². The van der Waals surface area contributed by atoms with Gasteiger partial charge in [-0.15, -0.1) is 0 Å². The first-order chi connectivity index (χ1) is 12.4. The van der Waals surface area contributed by atoms with Gasteiger partial charge in [0.1, 0.15) is 0 Å². The highest BCUT2D eigenvalue weighted by Gasteiger charge is 2.25. The summed E-state index contributed by atoms with van der Waals surface area (Å²) < 4.78 is 11.1. The van der Waals surface area contributed by atoms with Gasteiger partial charge in [-0.1, -0.05) is 30.3 Å². The van der Waals surface area contributed by atoms with Crippen LogP contribution >= 0.6 is 0 Å². The second-order valence-corrected chi connectivity index (χ2v) is 6.97. The van der Waals surface area contributed by atoms with E-state index in [4.69, 9.17) is 9.47 Å². The van der Waals surface area contributed by atoms with Crippen molar-refractivity contribution in [3.63, 3.8) is 0 Å². The van der Waals surface area contributed by atoms with E-state index in [0.29, 0.717) is 11.8 Å². The molecule has 2 atom stereocenters. The van der Waals surface area contributed by atoms with Crippen LogP contribution in [0.4, 0.5) is 0 Å². The van der Waals surface area contributed by atoms with Crippen molar-refractivity contribution >= 4 is 5.96 Å². The first kappa shape index (κ1) is 18.2. The molecule has 1 N–H and O–H groups in total. The fourth-order valence-electron chi connectivity index (χ4n) is 3.62. The zero-order valence-corrected chi connectivity index (χ0v) is 15.3. The molecule has 0 aromatic heterocycles. The third-order valence-corrected chi connectivity index (χ3v) is 5.10. The zero-order chi connectivity index (χ0) is 17.3. The van der Waals surface area contributed by atoms with Crippen LogP contribution in [0.2, 0.25) is 0 Å². The molecule has 0 bridgehead atoms. The molecule has 1 aromatic carbocycles. The van der Waals surface area contributed by atoms with Crippen LogP contribution < -0.4 is 5.32 Å². The quantitative estimate of drug-likeness (QED) is 0.469. The predicted octanol–water partition coefficient (Wildman–Crippen LogP) is 2.49. The molecule has 5 heteroatoms. The van der Waals surface area contributed by atoms with Crippen molar-refractivity contribution in [3.8, 4) is 0 Å². The molecular weight excluding hydrogens is 314 g/mol. The lowest BCUT2D eigenvalue weighted by Crippen LogP contribution is -2.40. The Morgan fingerprint density at radius 1 is 1.32 bits per heavy atom. The number of nitrogens with one attached hydrogen (secondary N) is 1. The van der Waals surface area contributed by atoms with Crippen LogP contribution in [0, 0.1) is 5.92 Å². The minimum atomic E-state index is 0.597. The molecule has 2 fully saturated rings. The third kappa shape index (κ3) is 5.44. The predicted molar refractivity (Wildman–Crippen MR) is 101 cm³/mol. The number of rotatable bonds is 7. The molecule has 2 heterocycles. The van der Waals surface area contributed by atoms with Crippen LogP contribution in [-0.2, 0) is 9.47 Å². The summed E-state index contributed by atoms with van der Waals surface area (Å²) in [6.45, 7) is 6.40. The normalized spacial score (nSPS) is 24.0. The van der Waals surface area contributed by atoms with Crippen LogP contribution in [0.25, 0.3) is 0 Å². The van der Waals surface area contributed by atoms with Crippen LogP contribution in [0.3, 0.4) is 0 Å². The molecule has 5 nitrogen and oxygen atoms in total. The lowest BCUT2D eigenvalue weighted by atomic mass is 9.99. The summed E-state index contributed by atoms with van der Waals surface area (Å²) in [5.41, 5.74) is 1.43. The molecule has 0 amide bonds. The van der Waals surface area contributed by atoms with Crippen molar-refractivity contribution in [1.82, 2.24) is 10.2 Å². The van der Waals surface area contributed by atoms with Gasteiger partial charge in [-0.2, -0.15) is 0 Å². The highest BCUT2D eigenvalue weighted by molar-refractivity contribution is 5.80. The van der Waals surface area contributed by atoms with Gasteiger partial charge >= 0.3 is 0 Å². The van der Waals surface area contributed by atoms with E-state index in [1.165, 1.54) is 12.0 Å². The number of hydrogen-bond donors (Lipinski definition) is 1. The Labute approximate surface area is 151 Å². The minimum absolute atomic E-state index is 0.597. The number of nitrogens with zero attached hydrogens (tertiary/aromatic N) is 2. The largest absolute Gasteiger partial charge is 0.381 e. The molecule has 2 saturated heterocycles. The summed E-state index contributed by atoms with van der Waals surface area (Å²) in [5.74, 6) is 2.22. The monoisotopic (exact) mass is 345 g/mol. The first-order valence-electron chi connectivity index (χ1n) is 9.53. The van der Waals surface area contributed by atoms with E-state index >= 15 is 0 Å². The number of benzene rings is 1. The van der Waals surface area contributed by atoms with Crippen LogP contribution in [0.15, 0.2) is 35.3 Å². The van der Waals surface area contributed by atoms with Gasteiger partial charge in [0.2, 0.25) is 0 Å². The Bertz CT molecular complexity index is 529. The van der Waals surface area contributed by atoms with E-state index in [-0.39, 0.29) is 0 Å². The molecule has 25 heavy (non-hydrogen) atoms. The van der Waals surface area contributed by atoms with E-state index in [9.17, 15) is 0 Å². The Morgan fingerprint density at radius 2 is 2.20 bits per heavy atom. The molecule has 0 spiro atoms. The van der Waals surface area contributed by atoms with Crippen molar-refractivity contribution in [2.75, 3.05) is 53.1 Å². The Morgan fingerprint density at radius 3 is 2.96 bits per heavy atom. The van der Waals surface area contributed by atoms with Crippen molar-refractivity contribution in [2.24, 2.45) is 10.9 Å². The van der Waals surface area contributed by atoms with Gasteiger partial charge in [0, 0.05) is 51.7 Å². The van der Waals surface area contributed by atoms with Crippen LogP contribution in [0.5, 0.6) is 0 Å². The number of aliphatic imine (C=N–C) groups is 1. The smallest absolute Gasteiger partial charge is 0.193 e. The molecular formula is C20H31N3O2.